The van der Waals surface area contributed by atoms with Crippen LogP contribution in [0, 0.1) is 17.8 Å². The first-order valence-corrected chi connectivity index (χ1v) is 15.9. The molecule has 1 saturated carbocycles. The Labute approximate surface area is 184 Å². The lowest BCUT2D eigenvalue weighted by Crippen LogP contribution is -2.50. The Morgan fingerprint density at radius 1 is 1.29 bits per heavy atom. The quantitative estimate of drug-likeness (QED) is 0.313. The standard InChI is InChI=1S/C23H44O2S2Si/c1-16(2)14-23(24)19(13-12-17(3)20(23)21(26-8)27-9)18(4)15-25-28(10,11)22(5,6)7/h17-19,24H,1,12-15H2,2-11H3/t17-,18-,19+,23?/m1/s1. The fraction of sp³-hybridized carbons (Fsp3) is 0.826. The van der Waals surface area contributed by atoms with Crippen LogP contribution in [-0.2, 0) is 4.43 Å². The van der Waals surface area contributed by atoms with Crippen LogP contribution in [0.5, 0.6) is 0 Å². The minimum absolute atomic E-state index is 0.203. The van der Waals surface area contributed by atoms with Gasteiger partial charge in [0.25, 0.3) is 0 Å². The van der Waals surface area contributed by atoms with Gasteiger partial charge in [-0.2, -0.15) is 0 Å². The third kappa shape index (κ3) is 5.93. The molecule has 1 N–H and O–H groups in total. The van der Waals surface area contributed by atoms with Gasteiger partial charge in [-0.15, -0.1) is 30.1 Å². The molecule has 0 spiro atoms. The molecule has 0 radical (unpaired) electrons. The monoisotopic (exact) mass is 444 g/mol. The molecule has 1 unspecified atom stereocenters. The zero-order valence-corrected chi connectivity index (χ0v) is 22.6. The van der Waals surface area contributed by atoms with Gasteiger partial charge in [0, 0.05) is 17.3 Å². The van der Waals surface area contributed by atoms with Crippen molar-refractivity contribution in [1.29, 1.82) is 0 Å². The third-order valence-electron chi connectivity index (χ3n) is 6.85. The smallest absolute Gasteiger partial charge is 0.191 e. The summed E-state index contributed by atoms with van der Waals surface area (Å²) >= 11 is 3.55. The first-order valence-electron chi connectivity index (χ1n) is 10.5. The number of aliphatic hydroxyl groups is 1. The molecule has 0 aliphatic heterocycles. The van der Waals surface area contributed by atoms with Gasteiger partial charge in [-0.05, 0) is 73.7 Å². The van der Waals surface area contributed by atoms with Crippen LogP contribution in [-0.4, -0.2) is 38.1 Å². The molecule has 164 valence electrons. The first-order chi connectivity index (χ1) is 12.7. The molecule has 0 heterocycles. The van der Waals surface area contributed by atoms with Gasteiger partial charge in [0.05, 0.1) is 5.60 Å². The summed E-state index contributed by atoms with van der Waals surface area (Å²) in [5.41, 5.74) is 1.48. The molecule has 0 aromatic carbocycles. The maximum atomic E-state index is 12.1. The fourth-order valence-corrected chi connectivity index (χ4v) is 7.21. The Morgan fingerprint density at radius 2 is 1.82 bits per heavy atom. The lowest BCUT2D eigenvalue weighted by molar-refractivity contribution is -0.0447. The van der Waals surface area contributed by atoms with Crippen molar-refractivity contribution in [3.8, 4) is 0 Å². The Hall–Kier alpha value is 0.317. The van der Waals surface area contributed by atoms with E-state index < -0.39 is 13.9 Å². The molecule has 0 bridgehead atoms. The minimum Gasteiger partial charge on any atom is -0.417 e. The van der Waals surface area contributed by atoms with Gasteiger partial charge in [-0.25, -0.2) is 0 Å². The Kier molecular flexibility index (Phi) is 9.49. The molecule has 0 aromatic heterocycles. The van der Waals surface area contributed by atoms with Crippen molar-refractivity contribution in [3.05, 3.63) is 22.0 Å². The topological polar surface area (TPSA) is 29.5 Å². The highest BCUT2D eigenvalue weighted by molar-refractivity contribution is 8.21. The average molecular weight is 445 g/mol. The van der Waals surface area contributed by atoms with Crippen LogP contribution in [0.3, 0.4) is 0 Å². The Morgan fingerprint density at radius 3 is 2.25 bits per heavy atom. The van der Waals surface area contributed by atoms with Gasteiger partial charge in [0.15, 0.2) is 8.32 Å². The van der Waals surface area contributed by atoms with Crippen LogP contribution in [0.2, 0.25) is 18.1 Å². The van der Waals surface area contributed by atoms with Gasteiger partial charge in [0.1, 0.15) is 0 Å². The van der Waals surface area contributed by atoms with Crippen molar-refractivity contribution in [2.24, 2.45) is 17.8 Å². The van der Waals surface area contributed by atoms with E-state index in [1.165, 1.54) is 9.81 Å². The fourth-order valence-electron chi connectivity index (χ4n) is 4.23. The van der Waals surface area contributed by atoms with Crippen LogP contribution in [0.4, 0.5) is 0 Å². The summed E-state index contributed by atoms with van der Waals surface area (Å²) in [7, 11) is -1.80. The molecule has 2 nitrogen and oxygen atoms in total. The molecule has 1 aliphatic carbocycles. The summed E-state index contributed by atoms with van der Waals surface area (Å²) in [5.74, 6) is 0.921. The molecular formula is C23H44O2S2Si. The average Bonchev–Trinajstić information content (AvgIpc) is 2.54. The number of hydrogen-bond donors (Lipinski definition) is 1. The van der Waals surface area contributed by atoms with Crippen LogP contribution in [0.25, 0.3) is 0 Å². The SMILES string of the molecule is C=C(C)CC1(O)C(=C(SC)SC)[C@H](C)CC[C@H]1[C@H](C)CO[Si](C)(C)C(C)(C)C. The highest BCUT2D eigenvalue weighted by atomic mass is 32.2. The maximum Gasteiger partial charge on any atom is 0.191 e. The summed E-state index contributed by atoms with van der Waals surface area (Å²) in [4.78, 5) is 0. The molecule has 4 atom stereocenters. The van der Waals surface area contributed by atoms with Gasteiger partial charge >= 0.3 is 0 Å². The summed E-state index contributed by atoms with van der Waals surface area (Å²) < 4.78 is 7.84. The predicted octanol–water partition coefficient (Wildman–Crippen LogP) is 7.33. The zero-order valence-electron chi connectivity index (χ0n) is 19.9. The van der Waals surface area contributed by atoms with Crippen molar-refractivity contribution in [1.82, 2.24) is 0 Å². The van der Waals surface area contributed by atoms with E-state index in [4.69, 9.17) is 4.43 Å². The van der Waals surface area contributed by atoms with Crippen molar-refractivity contribution in [2.75, 3.05) is 19.1 Å². The molecule has 1 aliphatic rings. The molecule has 1 fully saturated rings. The van der Waals surface area contributed by atoms with Gasteiger partial charge in [-0.1, -0.05) is 40.2 Å². The lowest BCUT2D eigenvalue weighted by Gasteiger charge is -2.49. The second kappa shape index (κ2) is 10.1. The van der Waals surface area contributed by atoms with E-state index >= 15 is 0 Å². The Balaban J connectivity index is 3.24. The molecular weight excluding hydrogens is 400 g/mol. The van der Waals surface area contributed by atoms with E-state index in [0.717, 1.165) is 25.0 Å². The second-order valence-corrected chi connectivity index (χ2v) is 17.0. The largest absolute Gasteiger partial charge is 0.417 e. The molecule has 0 amide bonds. The zero-order chi connectivity index (χ0) is 21.9. The lowest BCUT2D eigenvalue weighted by atomic mass is 9.62. The highest BCUT2D eigenvalue weighted by Gasteiger charge is 2.49. The molecule has 0 aromatic rings. The van der Waals surface area contributed by atoms with E-state index in [0.29, 0.717) is 18.3 Å². The van der Waals surface area contributed by atoms with Crippen molar-refractivity contribution >= 4 is 31.8 Å². The number of thioether (sulfide) groups is 2. The molecule has 5 heteroatoms. The summed E-state index contributed by atoms with van der Waals surface area (Å²) in [6.45, 7) is 23.0. The highest BCUT2D eigenvalue weighted by Crippen LogP contribution is 2.52. The van der Waals surface area contributed by atoms with E-state index in [1.807, 2.05) is 6.92 Å². The first kappa shape index (κ1) is 26.4. The predicted molar refractivity (Wildman–Crippen MR) is 133 cm³/mol. The Bertz CT molecular complexity index is 574. The van der Waals surface area contributed by atoms with Crippen molar-refractivity contribution < 1.29 is 9.53 Å². The van der Waals surface area contributed by atoms with Crippen LogP contribution < -0.4 is 0 Å². The number of hydrogen-bond acceptors (Lipinski definition) is 4. The van der Waals surface area contributed by atoms with Gasteiger partial charge in [0.2, 0.25) is 0 Å². The van der Waals surface area contributed by atoms with Crippen LogP contribution >= 0.6 is 23.5 Å². The van der Waals surface area contributed by atoms with E-state index in [9.17, 15) is 5.11 Å². The minimum atomic E-state index is -1.80. The van der Waals surface area contributed by atoms with Crippen LogP contribution in [0.1, 0.15) is 60.8 Å². The second-order valence-electron chi connectivity index (χ2n) is 10.3. The van der Waals surface area contributed by atoms with Crippen molar-refractivity contribution in [3.63, 3.8) is 0 Å². The van der Waals surface area contributed by atoms with Gasteiger partial charge in [-0.3, -0.25) is 0 Å². The van der Waals surface area contributed by atoms with Gasteiger partial charge < -0.3 is 9.53 Å². The molecule has 0 saturated heterocycles. The molecule has 1 rings (SSSR count). The summed E-state index contributed by atoms with van der Waals surface area (Å²) in [6.07, 6.45) is 7.08. The van der Waals surface area contributed by atoms with Crippen LogP contribution in [0.15, 0.2) is 22.0 Å². The molecule has 28 heavy (non-hydrogen) atoms. The number of rotatable bonds is 8. The van der Waals surface area contributed by atoms with E-state index in [1.54, 1.807) is 23.5 Å². The maximum absolute atomic E-state index is 12.1. The summed E-state index contributed by atoms with van der Waals surface area (Å²) in [6, 6.07) is 0. The van der Waals surface area contributed by atoms with E-state index in [-0.39, 0.29) is 11.0 Å². The summed E-state index contributed by atoms with van der Waals surface area (Å²) in [5, 5.41) is 12.3. The van der Waals surface area contributed by atoms with E-state index in [2.05, 4.69) is 66.8 Å². The third-order valence-corrected chi connectivity index (χ3v) is 13.5. The van der Waals surface area contributed by atoms with Crippen molar-refractivity contribution in [2.45, 2.75) is 84.5 Å². The normalized spacial score (nSPS) is 27.6.